The lowest BCUT2D eigenvalue weighted by Gasteiger charge is -2.16. The molecule has 4 aromatic rings. The van der Waals surface area contributed by atoms with Gasteiger partial charge in [0.25, 0.3) is 5.56 Å². The number of hydrogen-bond acceptors (Lipinski definition) is 6. The summed E-state index contributed by atoms with van der Waals surface area (Å²) in [7, 11) is 3.17. The maximum atomic E-state index is 13.2. The van der Waals surface area contributed by atoms with E-state index >= 15 is 0 Å². The minimum atomic E-state index is -0.146. The largest absolute Gasteiger partial charge is 0.493 e. The van der Waals surface area contributed by atoms with Crippen LogP contribution in [0.4, 0.5) is 0 Å². The first-order valence-corrected chi connectivity index (χ1v) is 9.59. The summed E-state index contributed by atoms with van der Waals surface area (Å²) >= 11 is 1.63. The molecule has 0 atom stereocenters. The second-order valence-electron chi connectivity index (χ2n) is 6.08. The fourth-order valence-corrected chi connectivity index (χ4v) is 3.66. The summed E-state index contributed by atoms with van der Waals surface area (Å²) in [5, 5.41) is 2.57. The Kier molecular flexibility index (Phi) is 4.99. The highest BCUT2D eigenvalue weighted by molar-refractivity contribution is 7.09. The van der Waals surface area contributed by atoms with Gasteiger partial charge in [0.2, 0.25) is 0 Å². The van der Waals surface area contributed by atoms with E-state index in [0.717, 1.165) is 10.4 Å². The lowest BCUT2D eigenvalue weighted by Crippen LogP contribution is -2.31. The quantitative estimate of drug-likeness (QED) is 0.538. The van der Waals surface area contributed by atoms with Crippen molar-refractivity contribution in [1.82, 2.24) is 9.66 Å². The first-order chi connectivity index (χ1) is 13.7. The molecule has 0 aliphatic carbocycles. The Morgan fingerprint density at radius 1 is 1.04 bits per heavy atom. The van der Waals surface area contributed by atoms with Crippen molar-refractivity contribution in [2.75, 3.05) is 19.6 Å². The van der Waals surface area contributed by atoms with Crippen molar-refractivity contribution < 1.29 is 9.47 Å². The molecule has 7 heteroatoms. The highest BCUT2D eigenvalue weighted by Crippen LogP contribution is 2.31. The molecule has 4 rings (SSSR count). The van der Waals surface area contributed by atoms with Crippen LogP contribution < -0.4 is 20.5 Å². The molecule has 0 aliphatic rings. The van der Waals surface area contributed by atoms with Crippen molar-refractivity contribution in [3.63, 3.8) is 0 Å². The number of ether oxygens (including phenoxy) is 2. The molecular formula is C21H19N3O3S. The monoisotopic (exact) mass is 393 g/mol. The van der Waals surface area contributed by atoms with Crippen LogP contribution in [0.1, 0.15) is 4.88 Å². The summed E-state index contributed by atoms with van der Waals surface area (Å²) in [5.41, 5.74) is 4.47. The minimum absolute atomic E-state index is 0.146. The average molecular weight is 393 g/mol. The van der Waals surface area contributed by atoms with E-state index in [1.54, 1.807) is 37.7 Å². The third kappa shape index (κ3) is 3.32. The van der Waals surface area contributed by atoms with Crippen molar-refractivity contribution in [3.8, 4) is 22.9 Å². The Bertz CT molecular complexity index is 1170. The van der Waals surface area contributed by atoms with Crippen LogP contribution in [-0.2, 0) is 6.54 Å². The van der Waals surface area contributed by atoms with E-state index in [2.05, 4.69) is 5.43 Å². The summed E-state index contributed by atoms with van der Waals surface area (Å²) in [6.07, 6.45) is 0. The number of benzene rings is 2. The average Bonchev–Trinajstić information content (AvgIpc) is 3.26. The van der Waals surface area contributed by atoms with Crippen LogP contribution in [0.15, 0.2) is 64.8 Å². The SMILES string of the molecule is COc1ccc(-c2nc3ccccc3c(=O)n2NCc2cccs2)cc1OC. The molecule has 0 aliphatic heterocycles. The van der Waals surface area contributed by atoms with Gasteiger partial charge in [0.15, 0.2) is 17.3 Å². The van der Waals surface area contributed by atoms with Crippen molar-refractivity contribution >= 4 is 22.2 Å². The van der Waals surface area contributed by atoms with Crippen LogP contribution in [-0.4, -0.2) is 23.9 Å². The van der Waals surface area contributed by atoms with Gasteiger partial charge in [0.1, 0.15) is 0 Å². The summed E-state index contributed by atoms with van der Waals surface area (Å²) in [6, 6.07) is 16.8. The van der Waals surface area contributed by atoms with Gasteiger partial charge in [0, 0.05) is 10.4 Å². The predicted octanol–water partition coefficient (Wildman–Crippen LogP) is 3.89. The van der Waals surface area contributed by atoms with Gasteiger partial charge in [-0.2, -0.15) is 0 Å². The van der Waals surface area contributed by atoms with E-state index in [1.165, 1.54) is 4.68 Å². The first-order valence-electron chi connectivity index (χ1n) is 8.71. The van der Waals surface area contributed by atoms with Gasteiger partial charge >= 0.3 is 0 Å². The lowest BCUT2D eigenvalue weighted by molar-refractivity contribution is 0.355. The Balaban J connectivity index is 1.88. The molecule has 1 N–H and O–H groups in total. The van der Waals surface area contributed by atoms with E-state index in [0.29, 0.717) is 34.8 Å². The van der Waals surface area contributed by atoms with Crippen LogP contribution in [0.5, 0.6) is 11.5 Å². The van der Waals surface area contributed by atoms with Crippen LogP contribution in [0, 0.1) is 0 Å². The molecule has 2 aromatic carbocycles. The third-order valence-corrected chi connectivity index (χ3v) is 5.29. The van der Waals surface area contributed by atoms with Crippen LogP contribution in [0.2, 0.25) is 0 Å². The Labute approximate surface area is 166 Å². The summed E-state index contributed by atoms with van der Waals surface area (Å²) in [6.45, 7) is 0.526. The van der Waals surface area contributed by atoms with E-state index in [1.807, 2.05) is 47.8 Å². The Hall–Kier alpha value is -3.32. The molecule has 6 nitrogen and oxygen atoms in total. The molecule has 0 amide bonds. The maximum absolute atomic E-state index is 13.2. The highest BCUT2D eigenvalue weighted by atomic mass is 32.1. The molecule has 142 valence electrons. The minimum Gasteiger partial charge on any atom is -0.493 e. The van der Waals surface area contributed by atoms with Crippen molar-refractivity contribution in [2.45, 2.75) is 6.54 Å². The molecular weight excluding hydrogens is 374 g/mol. The maximum Gasteiger partial charge on any atom is 0.280 e. The fraction of sp³-hybridized carbons (Fsp3) is 0.143. The van der Waals surface area contributed by atoms with Crippen molar-refractivity contribution in [2.24, 2.45) is 0 Å². The molecule has 0 bridgehead atoms. The normalized spacial score (nSPS) is 10.8. The molecule has 2 aromatic heterocycles. The molecule has 0 fully saturated rings. The molecule has 0 saturated carbocycles. The zero-order valence-electron chi connectivity index (χ0n) is 15.5. The number of nitrogens with one attached hydrogen (secondary N) is 1. The Morgan fingerprint density at radius 2 is 1.86 bits per heavy atom. The number of rotatable bonds is 6. The van der Waals surface area contributed by atoms with Gasteiger partial charge in [-0.05, 0) is 41.8 Å². The van der Waals surface area contributed by atoms with Gasteiger partial charge in [-0.15, -0.1) is 11.3 Å². The molecule has 0 spiro atoms. The van der Waals surface area contributed by atoms with Gasteiger partial charge in [0.05, 0.1) is 31.7 Å². The fourth-order valence-electron chi connectivity index (χ4n) is 3.02. The van der Waals surface area contributed by atoms with Crippen molar-refractivity contribution in [1.29, 1.82) is 0 Å². The second kappa shape index (κ2) is 7.74. The third-order valence-electron chi connectivity index (χ3n) is 4.41. The number of aromatic nitrogens is 2. The number of nitrogens with zero attached hydrogens (tertiary/aromatic N) is 2. The predicted molar refractivity (Wildman–Crippen MR) is 112 cm³/mol. The summed E-state index contributed by atoms with van der Waals surface area (Å²) < 4.78 is 12.2. The molecule has 0 unspecified atom stereocenters. The van der Waals surface area contributed by atoms with E-state index in [4.69, 9.17) is 14.5 Å². The Morgan fingerprint density at radius 3 is 2.61 bits per heavy atom. The number of fused-ring (bicyclic) bond motifs is 1. The first kappa shape index (κ1) is 18.1. The topological polar surface area (TPSA) is 65.4 Å². The summed E-state index contributed by atoms with van der Waals surface area (Å²) in [5.74, 6) is 1.71. The molecule has 2 heterocycles. The highest BCUT2D eigenvalue weighted by Gasteiger charge is 2.15. The van der Waals surface area contributed by atoms with Gasteiger partial charge in [-0.25, -0.2) is 9.66 Å². The molecule has 0 saturated heterocycles. The van der Waals surface area contributed by atoms with Crippen LogP contribution in [0.3, 0.4) is 0 Å². The number of para-hydroxylation sites is 1. The van der Waals surface area contributed by atoms with Crippen LogP contribution in [0.25, 0.3) is 22.3 Å². The number of thiophene rings is 1. The zero-order valence-corrected chi connectivity index (χ0v) is 16.3. The number of methoxy groups -OCH3 is 2. The smallest absolute Gasteiger partial charge is 0.280 e. The molecule has 28 heavy (non-hydrogen) atoms. The van der Waals surface area contributed by atoms with E-state index in [9.17, 15) is 4.79 Å². The second-order valence-corrected chi connectivity index (χ2v) is 7.11. The van der Waals surface area contributed by atoms with Gasteiger partial charge < -0.3 is 14.9 Å². The van der Waals surface area contributed by atoms with Gasteiger partial charge in [-0.1, -0.05) is 18.2 Å². The standard InChI is InChI=1S/C21H19N3O3S/c1-26-18-10-9-14(12-19(18)27-2)20-23-17-8-4-3-7-16(17)21(25)24(20)22-13-15-6-5-11-28-15/h3-12,22H,13H2,1-2H3. The zero-order chi connectivity index (χ0) is 19.5. The van der Waals surface area contributed by atoms with Crippen LogP contribution >= 0.6 is 11.3 Å². The van der Waals surface area contributed by atoms with E-state index < -0.39 is 0 Å². The van der Waals surface area contributed by atoms with E-state index in [-0.39, 0.29) is 5.56 Å². The van der Waals surface area contributed by atoms with Gasteiger partial charge in [-0.3, -0.25) is 4.79 Å². The van der Waals surface area contributed by atoms with Crippen molar-refractivity contribution in [3.05, 3.63) is 75.2 Å². The number of hydrogen-bond donors (Lipinski definition) is 1. The molecule has 0 radical (unpaired) electrons. The lowest BCUT2D eigenvalue weighted by atomic mass is 10.1. The summed E-state index contributed by atoms with van der Waals surface area (Å²) in [4.78, 5) is 19.0.